The first-order valence-electron chi connectivity index (χ1n) is 4.70. The molecule has 1 unspecified atom stereocenters. The summed E-state index contributed by atoms with van der Waals surface area (Å²) in [6.07, 6.45) is 5.10. The largest absolute Gasteiger partial charge is 0.326 e. The van der Waals surface area contributed by atoms with E-state index in [4.69, 9.17) is 5.73 Å². The van der Waals surface area contributed by atoms with E-state index in [2.05, 4.69) is 20.8 Å². The zero-order valence-corrected chi connectivity index (χ0v) is 8.14. The number of nitrogens with two attached hydrogens (primary N) is 1. The standard InChI is InChI=1S/C10H22N/c1-9(2)5-4-6-10(3)7-8-11/h8-10H,4-7,11H2,1-3H3. The van der Waals surface area contributed by atoms with Crippen molar-refractivity contribution in [1.29, 1.82) is 0 Å². The minimum Gasteiger partial charge on any atom is -0.326 e. The van der Waals surface area contributed by atoms with Crippen LogP contribution in [0.4, 0.5) is 0 Å². The van der Waals surface area contributed by atoms with E-state index in [1.807, 2.05) is 0 Å². The van der Waals surface area contributed by atoms with Gasteiger partial charge >= 0.3 is 0 Å². The highest BCUT2D eigenvalue weighted by atomic mass is 14.5. The molecule has 0 aromatic heterocycles. The van der Waals surface area contributed by atoms with E-state index in [1.165, 1.54) is 19.3 Å². The van der Waals surface area contributed by atoms with Crippen LogP contribution in [0.25, 0.3) is 0 Å². The van der Waals surface area contributed by atoms with Gasteiger partial charge < -0.3 is 5.73 Å². The van der Waals surface area contributed by atoms with Gasteiger partial charge in [-0.05, 0) is 18.3 Å². The van der Waals surface area contributed by atoms with Gasteiger partial charge in [0.15, 0.2) is 0 Å². The molecule has 1 nitrogen and oxygen atoms in total. The Kier molecular flexibility index (Phi) is 6.63. The monoisotopic (exact) mass is 156 g/mol. The van der Waals surface area contributed by atoms with Crippen molar-refractivity contribution in [2.75, 3.05) is 0 Å². The Morgan fingerprint density at radius 2 is 1.82 bits per heavy atom. The van der Waals surface area contributed by atoms with E-state index in [1.54, 1.807) is 6.54 Å². The maximum Gasteiger partial charge on any atom is 0.0194 e. The molecule has 1 atom stereocenters. The lowest BCUT2D eigenvalue weighted by molar-refractivity contribution is 0.453. The SMILES string of the molecule is CC(C)CCCC(C)C[CH]N. The highest BCUT2D eigenvalue weighted by Gasteiger charge is 2.01. The topological polar surface area (TPSA) is 26.0 Å². The Morgan fingerprint density at radius 3 is 2.27 bits per heavy atom. The first-order valence-corrected chi connectivity index (χ1v) is 4.70. The van der Waals surface area contributed by atoms with Crippen LogP contribution in [-0.4, -0.2) is 0 Å². The molecule has 0 aliphatic rings. The van der Waals surface area contributed by atoms with Crippen LogP contribution in [0.2, 0.25) is 0 Å². The molecule has 2 N–H and O–H groups in total. The first-order chi connectivity index (χ1) is 5.16. The van der Waals surface area contributed by atoms with Crippen molar-refractivity contribution in [3.05, 3.63) is 6.54 Å². The molecule has 0 rings (SSSR count). The normalized spacial score (nSPS) is 13.9. The second-order valence-corrected chi connectivity index (χ2v) is 3.90. The first kappa shape index (κ1) is 11.0. The predicted molar refractivity (Wildman–Crippen MR) is 51.0 cm³/mol. The lowest BCUT2D eigenvalue weighted by atomic mass is 9.97. The lowest BCUT2D eigenvalue weighted by Crippen LogP contribution is -2.00. The summed E-state index contributed by atoms with van der Waals surface area (Å²) in [6.45, 7) is 8.60. The van der Waals surface area contributed by atoms with E-state index < -0.39 is 0 Å². The van der Waals surface area contributed by atoms with Gasteiger partial charge in [0.2, 0.25) is 0 Å². The van der Waals surface area contributed by atoms with Crippen LogP contribution in [0.15, 0.2) is 0 Å². The fourth-order valence-electron chi connectivity index (χ4n) is 1.22. The summed E-state index contributed by atoms with van der Waals surface area (Å²) in [5.74, 6) is 1.63. The second kappa shape index (κ2) is 6.66. The van der Waals surface area contributed by atoms with Gasteiger partial charge in [0.25, 0.3) is 0 Å². The summed E-state index contributed by atoms with van der Waals surface area (Å²) < 4.78 is 0. The molecule has 67 valence electrons. The number of hydrogen-bond acceptors (Lipinski definition) is 1. The van der Waals surface area contributed by atoms with E-state index in [9.17, 15) is 0 Å². The van der Waals surface area contributed by atoms with Crippen LogP contribution in [0.5, 0.6) is 0 Å². The molecule has 0 bridgehead atoms. The van der Waals surface area contributed by atoms with Gasteiger partial charge in [0.1, 0.15) is 0 Å². The number of rotatable bonds is 6. The fraction of sp³-hybridized carbons (Fsp3) is 0.900. The Hall–Kier alpha value is -0.0400. The Bertz CT molecular complexity index is 78.9. The third-order valence-electron chi connectivity index (χ3n) is 2.02. The zero-order valence-electron chi connectivity index (χ0n) is 8.14. The van der Waals surface area contributed by atoms with Crippen molar-refractivity contribution in [1.82, 2.24) is 0 Å². The molecular weight excluding hydrogens is 134 g/mol. The molecule has 0 aliphatic carbocycles. The van der Waals surface area contributed by atoms with Crippen LogP contribution >= 0.6 is 0 Å². The summed E-state index contributed by atoms with van der Waals surface area (Å²) in [5, 5.41) is 0. The summed E-state index contributed by atoms with van der Waals surface area (Å²) in [5.41, 5.74) is 5.34. The summed E-state index contributed by atoms with van der Waals surface area (Å²) in [6, 6.07) is 0. The lowest BCUT2D eigenvalue weighted by Gasteiger charge is -2.09. The predicted octanol–water partition coefficient (Wildman–Crippen LogP) is 2.96. The van der Waals surface area contributed by atoms with Gasteiger partial charge in [0.05, 0.1) is 0 Å². The van der Waals surface area contributed by atoms with Crippen molar-refractivity contribution in [2.24, 2.45) is 17.6 Å². The molecule has 0 aromatic carbocycles. The fourth-order valence-corrected chi connectivity index (χ4v) is 1.22. The Morgan fingerprint density at radius 1 is 1.18 bits per heavy atom. The highest BCUT2D eigenvalue weighted by molar-refractivity contribution is 4.61. The van der Waals surface area contributed by atoms with Crippen LogP contribution < -0.4 is 5.73 Å². The van der Waals surface area contributed by atoms with Crippen LogP contribution in [0, 0.1) is 18.4 Å². The molecule has 0 saturated carbocycles. The molecule has 11 heavy (non-hydrogen) atoms. The molecule has 0 aromatic rings. The quantitative estimate of drug-likeness (QED) is 0.628. The molecule has 0 saturated heterocycles. The van der Waals surface area contributed by atoms with Crippen LogP contribution in [-0.2, 0) is 0 Å². The van der Waals surface area contributed by atoms with Gasteiger partial charge in [-0.2, -0.15) is 0 Å². The second-order valence-electron chi connectivity index (χ2n) is 3.90. The van der Waals surface area contributed by atoms with Crippen molar-refractivity contribution in [3.63, 3.8) is 0 Å². The van der Waals surface area contributed by atoms with Crippen molar-refractivity contribution in [2.45, 2.75) is 46.5 Å². The molecule has 0 fully saturated rings. The smallest absolute Gasteiger partial charge is 0.0194 e. The van der Waals surface area contributed by atoms with E-state index in [0.29, 0.717) is 0 Å². The van der Waals surface area contributed by atoms with Crippen molar-refractivity contribution in [3.8, 4) is 0 Å². The summed E-state index contributed by atoms with van der Waals surface area (Å²) in [7, 11) is 0. The van der Waals surface area contributed by atoms with Gasteiger partial charge in [-0.15, -0.1) is 0 Å². The van der Waals surface area contributed by atoms with Crippen molar-refractivity contribution < 1.29 is 0 Å². The number of hydrogen-bond donors (Lipinski definition) is 1. The zero-order chi connectivity index (χ0) is 8.69. The van der Waals surface area contributed by atoms with Crippen LogP contribution in [0.3, 0.4) is 0 Å². The van der Waals surface area contributed by atoms with Gasteiger partial charge in [-0.25, -0.2) is 0 Å². The minimum atomic E-state index is 0.777. The molecule has 0 heterocycles. The van der Waals surface area contributed by atoms with Gasteiger partial charge in [-0.1, -0.05) is 40.0 Å². The molecule has 1 heteroatoms. The minimum absolute atomic E-state index is 0.777. The molecule has 0 aliphatic heterocycles. The third kappa shape index (κ3) is 7.86. The maximum absolute atomic E-state index is 5.34. The molecule has 0 spiro atoms. The van der Waals surface area contributed by atoms with E-state index in [0.717, 1.165) is 18.3 Å². The highest BCUT2D eigenvalue weighted by Crippen LogP contribution is 2.14. The Labute approximate surface area is 71.4 Å². The van der Waals surface area contributed by atoms with Gasteiger partial charge in [-0.3, -0.25) is 0 Å². The van der Waals surface area contributed by atoms with E-state index >= 15 is 0 Å². The third-order valence-corrected chi connectivity index (χ3v) is 2.02. The van der Waals surface area contributed by atoms with Gasteiger partial charge in [0, 0.05) is 6.54 Å². The average molecular weight is 156 g/mol. The summed E-state index contributed by atoms with van der Waals surface area (Å²) in [4.78, 5) is 0. The molecule has 1 radical (unpaired) electrons. The average Bonchev–Trinajstić information content (AvgIpc) is 1.87. The van der Waals surface area contributed by atoms with Crippen molar-refractivity contribution >= 4 is 0 Å². The maximum atomic E-state index is 5.34. The summed E-state index contributed by atoms with van der Waals surface area (Å²) >= 11 is 0. The molecule has 0 amide bonds. The van der Waals surface area contributed by atoms with Crippen LogP contribution in [0.1, 0.15) is 46.5 Å². The Balaban J connectivity index is 3.10. The molecular formula is C10H22N. The van der Waals surface area contributed by atoms with E-state index in [-0.39, 0.29) is 0 Å².